The van der Waals surface area contributed by atoms with Crippen LogP contribution in [-0.2, 0) is 28.0 Å². The summed E-state index contributed by atoms with van der Waals surface area (Å²) in [6, 6.07) is 37.0. The lowest BCUT2D eigenvalue weighted by molar-refractivity contribution is -0.120. The van der Waals surface area contributed by atoms with E-state index in [-0.39, 0.29) is 5.91 Å². The van der Waals surface area contributed by atoms with E-state index in [0.29, 0.717) is 6.54 Å². The Morgan fingerprint density at radius 2 is 1.38 bits per heavy atom. The highest BCUT2D eigenvalue weighted by molar-refractivity contribution is 6.13. The molecule has 1 aromatic heterocycles. The zero-order valence-electron chi connectivity index (χ0n) is 20.7. The maximum absolute atomic E-state index is 14.6. The minimum Gasteiger partial charge on any atom is -0.505 e. The monoisotopic (exact) mass is 484 g/mol. The highest BCUT2D eigenvalue weighted by atomic mass is 16.5. The van der Waals surface area contributed by atoms with Crippen LogP contribution < -0.4 is 4.90 Å². The molecular weight excluding hydrogens is 456 g/mol. The third kappa shape index (κ3) is 3.82. The first-order valence-corrected chi connectivity index (χ1v) is 12.5. The third-order valence-electron chi connectivity index (χ3n) is 7.25. The van der Waals surface area contributed by atoms with Gasteiger partial charge >= 0.3 is 0 Å². The van der Waals surface area contributed by atoms with Gasteiger partial charge in [-0.15, -0.1) is 0 Å². The van der Waals surface area contributed by atoms with Crippen molar-refractivity contribution in [3.8, 4) is 0 Å². The van der Waals surface area contributed by atoms with Gasteiger partial charge in [-0.25, -0.2) is 0 Å². The molecule has 1 aliphatic heterocycles. The summed E-state index contributed by atoms with van der Waals surface area (Å²) in [6.45, 7) is 1.22. The fraction of sp³-hybridized carbons (Fsp3) is 0.121. The molecule has 1 atom stereocenters. The molecule has 0 spiro atoms. The van der Waals surface area contributed by atoms with Gasteiger partial charge in [0.15, 0.2) is 0 Å². The average molecular weight is 485 g/mol. The number of amides is 1. The van der Waals surface area contributed by atoms with Crippen LogP contribution in [0.1, 0.15) is 22.3 Å². The Kier molecular flexibility index (Phi) is 5.85. The summed E-state index contributed by atoms with van der Waals surface area (Å²) in [5.74, 6) is 0.0193. The number of hydrogen-bond donors (Lipinski definition) is 0. The maximum Gasteiger partial charge on any atom is 0.246 e. The smallest absolute Gasteiger partial charge is 0.246 e. The predicted molar refractivity (Wildman–Crippen MR) is 148 cm³/mol. The molecule has 1 aliphatic rings. The van der Waals surface area contributed by atoms with Crippen molar-refractivity contribution in [3.63, 3.8) is 0 Å². The van der Waals surface area contributed by atoms with Crippen molar-refractivity contribution in [1.82, 2.24) is 4.57 Å². The summed E-state index contributed by atoms with van der Waals surface area (Å²) >= 11 is 0. The average Bonchev–Trinajstić information content (AvgIpc) is 3.46. The molecule has 182 valence electrons. The lowest BCUT2D eigenvalue weighted by Gasteiger charge is -2.28. The summed E-state index contributed by atoms with van der Waals surface area (Å²) in [5, 5.41) is 1.10. The first kappa shape index (κ1) is 22.9. The lowest BCUT2D eigenvalue weighted by Crippen LogP contribution is -2.40. The van der Waals surface area contributed by atoms with E-state index in [0.717, 1.165) is 39.8 Å². The summed E-state index contributed by atoms with van der Waals surface area (Å²) in [5.41, 5.74) is 5.17. The van der Waals surface area contributed by atoms with E-state index in [1.807, 2.05) is 59.5 Å². The molecule has 5 aromatic rings. The van der Waals surface area contributed by atoms with Gasteiger partial charge in [-0.3, -0.25) is 4.79 Å². The van der Waals surface area contributed by atoms with Crippen molar-refractivity contribution in [2.45, 2.75) is 18.5 Å². The van der Waals surface area contributed by atoms with Crippen LogP contribution in [0.2, 0.25) is 0 Å². The molecule has 4 aromatic carbocycles. The number of rotatable bonds is 7. The molecule has 4 nitrogen and oxygen atoms in total. The largest absolute Gasteiger partial charge is 0.505 e. The maximum atomic E-state index is 14.6. The summed E-state index contributed by atoms with van der Waals surface area (Å²) in [4.78, 5) is 16.6. The Bertz CT molecular complexity index is 1590. The van der Waals surface area contributed by atoms with Gasteiger partial charge in [-0.05, 0) is 40.3 Å². The van der Waals surface area contributed by atoms with Crippen molar-refractivity contribution in [2.24, 2.45) is 0 Å². The fourth-order valence-corrected chi connectivity index (χ4v) is 5.58. The third-order valence-corrected chi connectivity index (χ3v) is 7.25. The van der Waals surface area contributed by atoms with Crippen molar-refractivity contribution in [3.05, 3.63) is 150 Å². The minimum atomic E-state index is -1.02. The van der Waals surface area contributed by atoms with Gasteiger partial charge in [-0.1, -0.05) is 97.1 Å². The van der Waals surface area contributed by atoms with Gasteiger partial charge in [0.1, 0.15) is 5.41 Å². The SMILES string of the molecule is CO/C=C/[C@@]1(c2cccc3ccn(Cc4ccccc4)c23)C(=O)N(Cc2ccccc2)c2ccccc21. The van der Waals surface area contributed by atoms with E-state index in [9.17, 15) is 4.79 Å². The van der Waals surface area contributed by atoms with E-state index in [4.69, 9.17) is 4.74 Å². The van der Waals surface area contributed by atoms with Gasteiger partial charge in [-0.2, -0.15) is 0 Å². The van der Waals surface area contributed by atoms with Gasteiger partial charge < -0.3 is 14.2 Å². The number of ether oxygens (including phenoxy) is 1. The summed E-state index contributed by atoms with van der Waals surface area (Å²) in [6.07, 6.45) is 5.68. The number of carbonyl (C=O) groups is 1. The second-order valence-corrected chi connectivity index (χ2v) is 9.41. The number of methoxy groups -OCH3 is 1. The first-order chi connectivity index (χ1) is 18.2. The zero-order chi connectivity index (χ0) is 25.2. The number of nitrogens with zero attached hydrogens (tertiary/aromatic N) is 2. The Balaban J connectivity index is 1.57. The van der Waals surface area contributed by atoms with Crippen LogP contribution in [-0.4, -0.2) is 17.6 Å². The standard InChI is InChI=1S/C33H28N2O2/c1-37-22-20-33(28-16-8-9-18-30(28)35(32(33)36)24-26-13-6-3-7-14-26)29-17-10-15-27-19-21-34(31(27)29)23-25-11-4-2-5-12-25/h2-22H,23-24H2,1H3/b22-20+/t33-/m1/s1. The van der Waals surface area contributed by atoms with Crippen LogP contribution in [0.4, 0.5) is 5.69 Å². The number of carbonyl (C=O) groups excluding carboxylic acids is 1. The van der Waals surface area contributed by atoms with Crippen LogP contribution in [0.5, 0.6) is 0 Å². The van der Waals surface area contributed by atoms with Crippen molar-refractivity contribution in [2.75, 3.05) is 12.0 Å². The number of hydrogen-bond acceptors (Lipinski definition) is 2. The number of fused-ring (bicyclic) bond motifs is 2. The Hall–Kier alpha value is -4.57. The van der Waals surface area contributed by atoms with Gasteiger partial charge in [0.2, 0.25) is 5.91 Å². The fourth-order valence-electron chi connectivity index (χ4n) is 5.58. The highest BCUT2D eigenvalue weighted by Gasteiger charge is 2.51. The molecule has 0 fully saturated rings. The molecule has 0 saturated heterocycles. The van der Waals surface area contributed by atoms with Crippen LogP contribution in [0, 0.1) is 0 Å². The molecule has 0 unspecified atom stereocenters. The second kappa shape index (κ2) is 9.47. The van der Waals surface area contributed by atoms with Crippen molar-refractivity contribution < 1.29 is 9.53 Å². The van der Waals surface area contributed by atoms with E-state index < -0.39 is 5.41 Å². The predicted octanol–water partition coefficient (Wildman–Crippen LogP) is 6.68. The summed E-state index contributed by atoms with van der Waals surface area (Å²) < 4.78 is 7.68. The molecule has 2 heterocycles. The molecule has 0 radical (unpaired) electrons. The van der Waals surface area contributed by atoms with Gasteiger partial charge in [0.25, 0.3) is 0 Å². The Labute approximate surface area is 217 Å². The molecular formula is C33H28N2O2. The molecule has 0 saturated carbocycles. The quantitative estimate of drug-likeness (QED) is 0.242. The van der Waals surface area contributed by atoms with Crippen LogP contribution in [0.3, 0.4) is 0 Å². The zero-order valence-corrected chi connectivity index (χ0v) is 20.7. The molecule has 0 aliphatic carbocycles. The van der Waals surface area contributed by atoms with Gasteiger partial charge in [0.05, 0.1) is 25.4 Å². The number of anilines is 1. The topological polar surface area (TPSA) is 34.5 Å². The van der Waals surface area contributed by atoms with Crippen molar-refractivity contribution >= 4 is 22.5 Å². The van der Waals surface area contributed by atoms with Crippen molar-refractivity contribution in [1.29, 1.82) is 0 Å². The van der Waals surface area contributed by atoms with Crippen LogP contribution in [0.25, 0.3) is 10.9 Å². The molecule has 0 bridgehead atoms. The number of para-hydroxylation sites is 2. The number of benzene rings is 4. The summed E-state index contributed by atoms with van der Waals surface area (Å²) in [7, 11) is 1.62. The van der Waals surface area contributed by atoms with Crippen LogP contribution in [0.15, 0.2) is 128 Å². The Morgan fingerprint density at radius 1 is 0.730 bits per heavy atom. The molecule has 0 N–H and O–H groups in total. The second-order valence-electron chi connectivity index (χ2n) is 9.41. The van der Waals surface area contributed by atoms with Crippen LogP contribution >= 0.6 is 0 Å². The highest BCUT2D eigenvalue weighted by Crippen LogP contribution is 2.49. The number of aromatic nitrogens is 1. The minimum absolute atomic E-state index is 0.0193. The molecule has 1 amide bonds. The van der Waals surface area contributed by atoms with E-state index in [2.05, 4.69) is 71.4 Å². The normalized spacial score (nSPS) is 17.0. The van der Waals surface area contributed by atoms with E-state index in [1.54, 1.807) is 13.4 Å². The van der Waals surface area contributed by atoms with E-state index in [1.165, 1.54) is 5.56 Å². The molecule has 4 heteroatoms. The Morgan fingerprint density at radius 3 is 2.11 bits per heavy atom. The lowest BCUT2D eigenvalue weighted by atomic mass is 9.74. The first-order valence-electron chi connectivity index (χ1n) is 12.5. The molecule has 6 rings (SSSR count). The molecule has 37 heavy (non-hydrogen) atoms. The van der Waals surface area contributed by atoms with Gasteiger partial charge in [0, 0.05) is 24.0 Å². The van der Waals surface area contributed by atoms with E-state index >= 15 is 0 Å².